The zero-order valence-corrected chi connectivity index (χ0v) is 13.5. The second kappa shape index (κ2) is 6.05. The van der Waals surface area contributed by atoms with Crippen LogP contribution in [0.5, 0.6) is 0 Å². The van der Waals surface area contributed by atoms with E-state index in [-0.39, 0.29) is 11.6 Å². The second-order valence-electron chi connectivity index (χ2n) is 5.40. The van der Waals surface area contributed by atoms with E-state index in [2.05, 4.69) is 0 Å². The third-order valence-corrected chi connectivity index (χ3v) is 4.15. The monoisotopic (exact) mass is 331 g/mol. The van der Waals surface area contributed by atoms with E-state index in [4.69, 9.17) is 16.0 Å². The number of carbonyl (C=O) groups is 1. The largest absolute Gasteiger partial charge is 0.459 e. The summed E-state index contributed by atoms with van der Waals surface area (Å²) in [4.78, 5) is 14.0. The summed E-state index contributed by atoms with van der Waals surface area (Å²) in [7, 11) is 1.61. The Labute approximate surface area is 138 Å². The Bertz CT molecular complexity index is 841. The van der Waals surface area contributed by atoms with Gasteiger partial charge in [0.1, 0.15) is 17.2 Å². The molecule has 1 atom stereocenters. The topological polar surface area (TPSA) is 33.5 Å². The molecular weight excluding hydrogens is 317 g/mol. The fraction of sp³-hybridized carbons (Fsp3) is 0.167. The summed E-state index contributed by atoms with van der Waals surface area (Å²) in [5.74, 6) is -0.398. The van der Waals surface area contributed by atoms with Gasteiger partial charge < -0.3 is 9.32 Å². The van der Waals surface area contributed by atoms with E-state index in [0.717, 1.165) is 11.0 Å². The molecule has 0 saturated carbocycles. The maximum atomic E-state index is 13.9. The Morgan fingerprint density at radius 3 is 2.70 bits per heavy atom. The highest BCUT2D eigenvalue weighted by Crippen LogP contribution is 2.28. The average Bonchev–Trinajstić information content (AvgIpc) is 2.99. The van der Waals surface area contributed by atoms with Crippen molar-refractivity contribution >= 4 is 28.5 Å². The van der Waals surface area contributed by atoms with E-state index < -0.39 is 11.7 Å². The highest BCUT2D eigenvalue weighted by Gasteiger charge is 2.24. The summed E-state index contributed by atoms with van der Waals surface area (Å²) in [6, 6.07) is 13.1. The normalized spacial score (nSPS) is 12.3. The van der Waals surface area contributed by atoms with Gasteiger partial charge in [0.25, 0.3) is 5.91 Å². The Hall–Kier alpha value is -2.33. The third kappa shape index (κ3) is 2.94. The van der Waals surface area contributed by atoms with Crippen molar-refractivity contribution in [2.24, 2.45) is 0 Å². The van der Waals surface area contributed by atoms with Gasteiger partial charge in [-0.15, -0.1) is 0 Å². The van der Waals surface area contributed by atoms with Crippen LogP contribution in [0.3, 0.4) is 0 Å². The van der Waals surface area contributed by atoms with E-state index in [1.54, 1.807) is 7.05 Å². The zero-order chi connectivity index (χ0) is 16.6. The van der Waals surface area contributed by atoms with Crippen molar-refractivity contribution in [2.75, 3.05) is 7.05 Å². The molecule has 1 amide bonds. The summed E-state index contributed by atoms with van der Waals surface area (Å²) in [6.45, 7) is 1.83. The molecule has 2 aromatic carbocycles. The van der Waals surface area contributed by atoms with Gasteiger partial charge in [-0.05, 0) is 37.3 Å². The van der Waals surface area contributed by atoms with Crippen LogP contribution >= 0.6 is 11.6 Å². The van der Waals surface area contributed by atoms with E-state index in [0.29, 0.717) is 10.8 Å². The molecule has 3 aromatic rings. The molecule has 0 aliphatic heterocycles. The minimum Gasteiger partial charge on any atom is -0.459 e. The minimum absolute atomic E-state index is 0.0528. The first kappa shape index (κ1) is 15.6. The van der Waals surface area contributed by atoms with Crippen molar-refractivity contribution < 1.29 is 13.6 Å². The predicted octanol–water partition coefficient (Wildman–Crippen LogP) is 5.06. The third-order valence-electron chi connectivity index (χ3n) is 3.92. The van der Waals surface area contributed by atoms with Gasteiger partial charge in [-0.1, -0.05) is 29.8 Å². The summed E-state index contributed by atoms with van der Waals surface area (Å²) < 4.78 is 19.7. The molecule has 1 unspecified atom stereocenters. The minimum atomic E-state index is -0.594. The quantitative estimate of drug-likeness (QED) is 0.672. The van der Waals surface area contributed by atoms with Crippen molar-refractivity contribution in [3.8, 4) is 0 Å². The maximum absolute atomic E-state index is 13.9. The van der Waals surface area contributed by atoms with Crippen molar-refractivity contribution in [3.05, 3.63) is 70.7 Å². The molecule has 1 aromatic heterocycles. The van der Waals surface area contributed by atoms with Crippen LogP contribution in [0.1, 0.15) is 29.1 Å². The van der Waals surface area contributed by atoms with Crippen molar-refractivity contribution in [3.63, 3.8) is 0 Å². The molecule has 0 N–H and O–H groups in total. The SMILES string of the molecule is CC(c1cc2ccccc2o1)N(C)C(=O)c1cc(Cl)ccc1F. The summed E-state index contributed by atoms with van der Waals surface area (Å²) in [6.07, 6.45) is 0. The summed E-state index contributed by atoms with van der Waals surface area (Å²) >= 11 is 5.86. The van der Waals surface area contributed by atoms with Gasteiger partial charge in [0, 0.05) is 17.5 Å². The van der Waals surface area contributed by atoms with Gasteiger partial charge in [-0.2, -0.15) is 0 Å². The Morgan fingerprint density at radius 2 is 1.96 bits per heavy atom. The summed E-state index contributed by atoms with van der Waals surface area (Å²) in [5, 5.41) is 1.28. The Kier molecular flexibility index (Phi) is 4.09. The molecule has 0 saturated heterocycles. The highest BCUT2D eigenvalue weighted by molar-refractivity contribution is 6.31. The van der Waals surface area contributed by atoms with Gasteiger partial charge in [-0.3, -0.25) is 4.79 Å². The molecule has 5 heteroatoms. The standard InChI is InChI=1S/C18H15ClFNO2/c1-11(17-9-12-5-3-4-6-16(12)23-17)21(2)18(22)14-10-13(19)7-8-15(14)20/h3-11H,1-2H3. The van der Waals surface area contributed by atoms with Crippen molar-refractivity contribution in [2.45, 2.75) is 13.0 Å². The molecular formula is C18H15ClFNO2. The van der Waals surface area contributed by atoms with E-state index in [1.165, 1.54) is 23.1 Å². The first-order valence-corrected chi connectivity index (χ1v) is 7.56. The van der Waals surface area contributed by atoms with Gasteiger partial charge in [-0.25, -0.2) is 4.39 Å². The van der Waals surface area contributed by atoms with Gasteiger partial charge >= 0.3 is 0 Å². The number of benzene rings is 2. The molecule has 0 aliphatic carbocycles. The lowest BCUT2D eigenvalue weighted by atomic mass is 10.1. The molecule has 3 nitrogen and oxygen atoms in total. The molecule has 1 heterocycles. The molecule has 118 valence electrons. The molecule has 0 radical (unpaired) electrons. The van der Waals surface area contributed by atoms with Crippen LogP contribution in [0, 0.1) is 5.82 Å². The van der Waals surface area contributed by atoms with Gasteiger partial charge in [0.2, 0.25) is 0 Å². The van der Waals surface area contributed by atoms with Crippen LogP contribution in [0.15, 0.2) is 52.9 Å². The molecule has 0 spiro atoms. The number of para-hydroxylation sites is 1. The molecule has 23 heavy (non-hydrogen) atoms. The number of hydrogen-bond acceptors (Lipinski definition) is 2. The highest BCUT2D eigenvalue weighted by atomic mass is 35.5. The van der Waals surface area contributed by atoms with Crippen LogP contribution in [-0.2, 0) is 0 Å². The number of fused-ring (bicyclic) bond motifs is 1. The van der Waals surface area contributed by atoms with Crippen molar-refractivity contribution in [1.82, 2.24) is 4.90 Å². The fourth-order valence-electron chi connectivity index (χ4n) is 2.43. The average molecular weight is 332 g/mol. The lowest BCUT2D eigenvalue weighted by molar-refractivity contribution is 0.0723. The van der Waals surface area contributed by atoms with Crippen LogP contribution in [0.2, 0.25) is 5.02 Å². The van der Waals surface area contributed by atoms with Crippen LogP contribution < -0.4 is 0 Å². The van der Waals surface area contributed by atoms with Gasteiger partial charge in [0.15, 0.2) is 0 Å². The number of amides is 1. The Balaban J connectivity index is 1.90. The number of nitrogens with zero attached hydrogens (tertiary/aromatic N) is 1. The number of halogens is 2. The molecule has 3 rings (SSSR count). The predicted molar refractivity (Wildman–Crippen MR) is 88.1 cm³/mol. The number of carbonyl (C=O) groups excluding carboxylic acids is 1. The summed E-state index contributed by atoms with van der Waals surface area (Å²) in [5.41, 5.74) is 0.701. The fourth-order valence-corrected chi connectivity index (χ4v) is 2.60. The zero-order valence-electron chi connectivity index (χ0n) is 12.7. The molecule has 0 fully saturated rings. The first-order valence-electron chi connectivity index (χ1n) is 7.18. The van der Waals surface area contributed by atoms with E-state index in [1.807, 2.05) is 37.3 Å². The van der Waals surface area contributed by atoms with Crippen LogP contribution in [0.4, 0.5) is 4.39 Å². The molecule has 0 aliphatic rings. The van der Waals surface area contributed by atoms with Crippen molar-refractivity contribution in [1.29, 1.82) is 0 Å². The number of furan rings is 1. The smallest absolute Gasteiger partial charge is 0.257 e. The van der Waals surface area contributed by atoms with Crippen LogP contribution in [-0.4, -0.2) is 17.9 Å². The Morgan fingerprint density at radius 1 is 1.22 bits per heavy atom. The lowest BCUT2D eigenvalue weighted by Gasteiger charge is -2.23. The first-order chi connectivity index (χ1) is 11.0. The van der Waals surface area contributed by atoms with E-state index in [9.17, 15) is 9.18 Å². The number of hydrogen-bond donors (Lipinski definition) is 0. The number of rotatable bonds is 3. The van der Waals surface area contributed by atoms with Crippen LogP contribution in [0.25, 0.3) is 11.0 Å². The second-order valence-corrected chi connectivity index (χ2v) is 5.84. The van der Waals surface area contributed by atoms with Gasteiger partial charge in [0.05, 0.1) is 11.6 Å². The van der Waals surface area contributed by atoms with E-state index >= 15 is 0 Å². The maximum Gasteiger partial charge on any atom is 0.257 e. The molecule has 0 bridgehead atoms. The lowest BCUT2D eigenvalue weighted by Crippen LogP contribution is -2.30.